The molecule has 0 bridgehead atoms. The van der Waals surface area contributed by atoms with E-state index < -0.39 is 0 Å². The Balaban J connectivity index is 1.39. The lowest BCUT2D eigenvalue weighted by Crippen LogP contribution is -2.48. The highest BCUT2D eigenvalue weighted by atomic mass is 16.7. The standard InChI is InChI=1S/C26H30N2O2/c1-17(22-10-6-8-19-7-4-5-9-23(19)22)28(3)18(2)24-13-21-15-26-25(29-16-30-26)14-20(21)11-12-27-24/h4-10,14-15,17-18,24,27H,11-13,16H2,1-3H3. The molecule has 3 aromatic rings. The first-order valence-corrected chi connectivity index (χ1v) is 11.0. The summed E-state index contributed by atoms with van der Waals surface area (Å²) in [6.07, 6.45) is 2.03. The summed E-state index contributed by atoms with van der Waals surface area (Å²) in [7, 11) is 2.25. The van der Waals surface area contributed by atoms with E-state index >= 15 is 0 Å². The van der Waals surface area contributed by atoms with Crippen molar-refractivity contribution in [3.63, 3.8) is 0 Å². The van der Waals surface area contributed by atoms with Crippen molar-refractivity contribution in [2.24, 2.45) is 0 Å². The fourth-order valence-corrected chi connectivity index (χ4v) is 4.96. The quantitative estimate of drug-likeness (QED) is 0.685. The molecule has 0 amide bonds. The van der Waals surface area contributed by atoms with Crippen LogP contribution in [0.2, 0.25) is 0 Å². The molecule has 3 atom stereocenters. The van der Waals surface area contributed by atoms with Gasteiger partial charge in [0.15, 0.2) is 11.5 Å². The van der Waals surface area contributed by atoms with Crippen LogP contribution in [0.5, 0.6) is 11.5 Å². The summed E-state index contributed by atoms with van der Waals surface area (Å²) >= 11 is 0. The van der Waals surface area contributed by atoms with Crippen LogP contribution in [0, 0.1) is 0 Å². The molecule has 4 heteroatoms. The Bertz CT molecular complexity index is 1060. The summed E-state index contributed by atoms with van der Waals surface area (Å²) < 4.78 is 11.2. The Morgan fingerprint density at radius 3 is 2.53 bits per heavy atom. The maximum absolute atomic E-state index is 5.63. The molecule has 1 N–H and O–H groups in total. The molecule has 0 saturated heterocycles. The Morgan fingerprint density at radius 2 is 1.70 bits per heavy atom. The van der Waals surface area contributed by atoms with E-state index in [1.54, 1.807) is 0 Å². The zero-order valence-electron chi connectivity index (χ0n) is 18.0. The van der Waals surface area contributed by atoms with Gasteiger partial charge >= 0.3 is 0 Å². The predicted molar refractivity (Wildman–Crippen MR) is 121 cm³/mol. The lowest BCUT2D eigenvalue weighted by Gasteiger charge is -2.36. The molecule has 0 spiro atoms. The van der Waals surface area contributed by atoms with Crippen LogP contribution in [0.3, 0.4) is 0 Å². The van der Waals surface area contributed by atoms with Crippen LogP contribution >= 0.6 is 0 Å². The number of fused-ring (bicyclic) bond motifs is 3. The molecule has 2 aliphatic heterocycles. The first-order chi connectivity index (χ1) is 14.6. The topological polar surface area (TPSA) is 33.7 Å². The molecule has 2 heterocycles. The smallest absolute Gasteiger partial charge is 0.231 e. The van der Waals surface area contributed by atoms with Gasteiger partial charge in [0.2, 0.25) is 6.79 Å². The molecule has 0 aliphatic carbocycles. The molecular weight excluding hydrogens is 372 g/mol. The Kier molecular flexibility index (Phi) is 5.13. The number of hydrogen-bond acceptors (Lipinski definition) is 4. The number of likely N-dealkylation sites (N-methyl/N-ethyl adjacent to an activating group) is 1. The van der Waals surface area contributed by atoms with E-state index in [0.717, 1.165) is 30.9 Å². The van der Waals surface area contributed by atoms with Crippen LogP contribution in [-0.4, -0.2) is 37.4 Å². The van der Waals surface area contributed by atoms with Gasteiger partial charge < -0.3 is 14.8 Å². The van der Waals surface area contributed by atoms with Gasteiger partial charge in [0, 0.05) is 18.1 Å². The minimum Gasteiger partial charge on any atom is -0.454 e. The van der Waals surface area contributed by atoms with Crippen molar-refractivity contribution in [1.82, 2.24) is 10.2 Å². The number of hydrogen-bond donors (Lipinski definition) is 1. The average Bonchev–Trinajstić information content (AvgIpc) is 3.13. The first-order valence-electron chi connectivity index (χ1n) is 11.0. The van der Waals surface area contributed by atoms with Crippen molar-refractivity contribution in [2.45, 2.75) is 44.8 Å². The highest BCUT2D eigenvalue weighted by Gasteiger charge is 2.29. The largest absolute Gasteiger partial charge is 0.454 e. The monoisotopic (exact) mass is 402 g/mol. The molecule has 3 aromatic carbocycles. The third kappa shape index (κ3) is 3.44. The van der Waals surface area contributed by atoms with Crippen LogP contribution in [0.15, 0.2) is 54.6 Å². The van der Waals surface area contributed by atoms with Crippen LogP contribution in [0.25, 0.3) is 10.8 Å². The fourth-order valence-electron chi connectivity index (χ4n) is 4.96. The molecule has 2 aliphatic rings. The van der Waals surface area contributed by atoms with Crippen LogP contribution in [0.4, 0.5) is 0 Å². The Hall–Kier alpha value is -2.56. The van der Waals surface area contributed by atoms with Gasteiger partial charge in [0.1, 0.15) is 0 Å². The van der Waals surface area contributed by atoms with Gasteiger partial charge in [-0.25, -0.2) is 0 Å². The zero-order valence-corrected chi connectivity index (χ0v) is 18.0. The summed E-state index contributed by atoms with van der Waals surface area (Å²) in [5.74, 6) is 1.78. The maximum Gasteiger partial charge on any atom is 0.231 e. The third-order valence-corrected chi connectivity index (χ3v) is 7.04. The number of nitrogens with one attached hydrogen (secondary N) is 1. The van der Waals surface area contributed by atoms with Crippen molar-refractivity contribution < 1.29 is 9.47 Å². The molecule has 156 valence electrons. The van der Waals surface area contributed by atoms with E-state index in [0.29, 0.717) is 24.9 Å². The van der Waals surface area contributed by atoms with Crippen molar-refractivity contribution in [3.8, 4) is 11.5 Å². The molecule has 3 unspecified atom stereocenters. The molecule has 0 aromatic heterocycles. The van der Waals surface area contributed by atoms with E-state index in [-0.39, 0.29) is 0 Å². The summed E-state index contributed by atoms with van der Waals surface area (Å²) in [5, 5.41) is 6.46. The molecule has 0 fully saturated rings. The second-order valence-corrected chi connectivity index (χ2v) is 8.64. The number of nitrogens with zero attached hydrogens (tertiary/aromatic N) is 1. The van der Waals surface area contributed by atoms with Crippen molar-refractivity contribution >= 4 is 10.8 Å². The van der Waals surface area contributed by atoms with Crippen molar-refractivity contribution in [1.29, 1.82) is 0 Å². The second-order valence-electron chi connectivity index (χ2n) is 8.64. The average molecular weight is 403 g/mol. The van der Waals surface area contributed by atoms with Gasteiger partial charge in [0.05, 0.1) is 0 Å². The summed E-state index contributed by atoms with van der Waals surface area (Å²) in [6.45, 7) is 5.98. The SMILES string of the molecule is CC(c1cccc2ccccc12)N(C)C(C)C1Cc2cc3c(cc2CCN1)OCO3. The van der Waals surface area contributed by atoms with E-state index in [1.807, 2.05) is 0 Å². The normalized spacial score (nSPS) is 20.1. The van der Waals surface area contributed by atoms with Gasteiger partial charge in [-0.05, 0) is 79.9 Å². The molecule has 5 rings (SSSR count). The lowest BCUT2D eigenvalue weighted by molar-refractivity contribution is 0.160. The van der Waals surface area contributed by atoms with Crippen LogP contribution in [0.1, 0.15) is 36.6 Å². The first kappa shape index (κ1) is 19.4. The predicted octanol–water partition coefficient (Wildman–Crippen LogP) is 4.71. The van der Waals surface area contributed by atoms with Gasteiger partial charge in [-0.2, -0.15) is 0 Å². The molecular formula is C26H30N2O2. The van der Waals surface area contributed by atoms with Crippen LogP contribution < -0.4 is 14.8 Å². The summed E-state index contributed by atoms with van der Waals surface area (Å²) in [4.78, 5) is 2.51. The van der Waals surface area contributed by atoms with Gasteiger partial charge in [-0.3, -0.25) is 4.90 Å². The van der Waals surface area contributed by atoms with E-state index in [2.05, 4.69) is 85.7 Å². The third-order valence-electron chi connectivity index (χ3n) is 7.04. The number of benzene rings is 3. The molecule has 4 nitrogen and oxygen atoms in total. The summed E-state index contributed by atoms with van der Waals surface area (Å²) in [5.41, 5.74) is 4.15. The van der Waals surface area contributed by atoms with E-state index in [9.17, 15) is 0 Å². The lowest BCUT2D eigenvalue weighted by atomic mass is 9.94. The number of ether oxygens (including phenoxy) is 2. The maximum atomic E-state index is 5.63. The highest BCUT2D eigenvalue weighted by Crippen LogP contribution is 2.37. The summed E-state index contributed by atoms with van der Waals surface area (Å²) in [6, 6.07) is 20.8. The molecule has 0 saturated carbocycles. The minimum absolute atomic E-state index is 0.326. The van der Waals surface area contributed by atoms with Gasteiger partial charge in [-0.15, -0.1) is 0 Å². The number of rotatable bonds is 4. The fraction of sp³-hybridized carbons (Fsp3) is 0.385. The van der Waals surface area contributed by atoms with E-state index in [4.69, 9.17) is 9.47 Å². The Morgan fingerprint density at radius 1 is 0.967 bits per heavy atom. The van der Waals surface area contributed by atoms with Gasteiger partial charge in [0.25, 0.3) is 0 Å². The molecule has 30 heavy (non-hydrogen) atoms. The Labute approximate surface area is 178 Å². The second kappa shape index (κ2) is 7.93. The minimum atomic E-state index is 0.326. The van der Waals surface area contributed by atoms with Gasteiger partial charge in [-0.1, -0.05) is 42.5 Å². The van der Waals surface area contributed by atoms with E-state index in [1.165, 1.54) is 27.5 Å². The van der Waals surface area contributed by atoms with Crippen molar-refractivity contribution in [3.05, 3.63) is 71.3 Å². The molecule has 0 radical (unpaired) electrons. The van der Waals surface area contributed by atoms with Crippen molar-refractivity contribution in [2.75, 3.05) is 20.4 Å². The highest BCUT2D eigenvalue weighted by molar-refractivity contribution is 5.86. The van der Waals surface area contributed by atoms with Crippen LogP contribution in [-0.2, 0) is 12.8 Å². The zero-order chi connectivity index (χ0) is 20.7.